The number of aromatic carboxylic acids is 1. The predicted molar refractivity (Wildman–Crippen MR) is 180 cm³/mol. The Balaban J connectivity index is 0.000000147. The summed E-state index contributed by atoms with van der Waals surface area (Å²) in [6, 6.07) is 26.0. The van der Waals surface area contributed by atoms with Crippen LogP contribution in [0, 0.1) is 20.8 Å². The number of aryl methyl sites for hydroxylation is 3. The number of pyridine rings is 2. The van der Waals surface area contributed by atoms with Crippen LogP contribution in [0.1, 0.15) is 27.0 Å². The number of fused-ring (bicyclic) bond motifs is 4. The lowest BCUT2D eigenvalue weighted by Crippen LogP contribution is -2.12. The minimum absolute atomic E-state index is 0.118. The van der Waals surface area contributed by atoms with Gasteiger partial charge in [0, 0.05) is 21.8 Å². The van der Waals surface area contributed by atoms with Crippen molar-refractivity contribution in [1.29, 1.82) is 0 Å². The van der Waals surface area contributed by atoms with Crippen LogP contribution in [0.25, 0.3) is 66.6 Å². The highest BCUT2D eigenvalue weighted by Gasteiger charge is 2.17. The van der Waals surface area contributed by atoms with Crippen molar-refractivity contribution >= 4 is 49.8 Å². The highest BCUT2D eigenvalue weighted by atomic mass is 16.4. The van der Waals surface area contributed by atoms with E-state index in [0.29, 0.717) is 39.2 Å². The van der Waals surface area contributed by atoms with Crippen molar-refractivity contribution in [3.8, 4) is 22.8 Å². The van der Waals surface area contributed by atoms with Gasteiger partial charge in [-0.2, -0.15) is 0 Å². The topological polar surface area (TPSA) is 160 Å². The van der Waals surface area contributed by atoms with E-state index in [-0.39, 0.29) is 16.7 Å². The van der Waals surface area contributed by atoms with Crippen molar-refractivity contribution in [1.82, 2.24) is 29.9 Å². The van der Waals surface area contributed by atoms with Crippen molar-refractivity contribution in [3.63, 3.8) is 0 Å². The van der Waals surface area contributed by atoms with Gasteiger partial charge < -0.3 is 25.0 Å². The number of carboxylic acid groups (broad SMARTS) is 1. The Kier molecular flexibility index (Phi) is 6.82. The second kappa shape index (κ2) is 11.0. The molecule has 5 N–H and O–H groups in total. The lowest BCUT2D eigenvalue weighted by Gasteiger charge is -2.07. The van der Waals surface area contributed by atoms with Crippen molar-refractivity contribution in [3.05, 3.63) is 128 Å². The fraction of sp³-hybridized carbons (Fsp3) is 0.0833. The second-order valence-electron chi connectivity index (χ2n) is 11.2. The summed E-state index contributed by atoms with van der Waals surface area (Å²) in [5.41, 5.74) is 8.47. The molecule has 0 fully saturated rings. The maximum absolute atomic E-state index is 12.5. The Labute approximate surface area is 260 Å². The first-order chi connectivity index (χ1) is 22.2. The number of para-hydroxylation sites is 4. The molecule has 0 unspecified atom stereocenters. The van der Waals surface area contributed by atoms with Crippen LogP contribution in [0.2, 0.25) is 0 Å². The van der Waals surface area contributed by atoms with E-state index in [0.717, 1.165) is 38.5 Å². The first-order valence-electron chi connectivity index (χ1n) is 14.6. The summed E-state index contributed by atoms with van der Waals surface area (Å²) in [5.74, 6) is 0.0775. The lowest BCUT2D eigenvalue weighted by atomic mass is 10.0. The first kappa shape index (κ1) is 28.5. The van der Waals surface area contributed by atoms with Gasteiger partial charge in [0.15, 0.2) is 0 Å². The maximum atomic E-state index is 12.5. The first-order valence-corrected chi connectivity index (χ1v) is 14.6. The van der Waals surface area contributed by atoms with E-state index in [9.17, 15) is 19.5 Å². The van der Waals surface area contributed by atoms with Crippen LogP contribution in [-0.2, 0) is 0 Å². The molecule has 0 aliphatic carbocycles. The number of carboxylic acids is 1. The third-order valence-electron chi connectivity index (χ3n) is 8.20. The number of aromatic nitrogens is 6. The van der Waals surface area contributed by atoms with Gasteiger partial charge in [-0.15, -0.1) is 0 Å². The number of benzene rings is 4. The molecule has 0 amide bonds. The Morgan fingerprint density at radius 3 is 1.57 bits per heavy atom. The molecule has 0 spiro atoms. The number of H-pyrrole nitrogens is 4. The Morgan fingerprint density at radius 1 is 0.587 bits per heavy atom. The van der Waals surface area contributed by atoms with Gasteiger partial charge in [-0.05, 0) is 86.5 Å². The molecule has 8 rings (SSSR count). The van der Waals surface area contributed by atoms with Crippen LogP contribution >= 0.6 is 0 Å². The van der Waals surface area contributed by atoms with Crippen LogP contribution in [-0.4, -0.2) is 41.0 Å². The third-order valence-corrected chi connectivity index (χ3v) is 8.20. The zero-order valence-electron chi connectivity index (χ0n) is 25.1. The van der Waals surface area contributed by atoms with E-state index >= 15 is 0 Å². The highest BCUT2D eigenvalue weighted by Crippen LogP contribution is 2.27. The van der Waals surface area contributed by atoms with E-state index in [1.807, 2.05) is 74.5 Å². The molecule has 4 aromatic heterocycles. The lowest BCUT2D eigenvalue weighted by molar-refractivity contribution is 0.0697. The normalized spacial score (nSPS) is 11.3. The number of aromatic amines is 4. The van der Waals surface area contributed by atoms with Crippen molar-refractivity contribution in [2.75, 3.05) is 0 Å². The van der Waals surface area contributed by atoms with Crippen molar-refractivity contribution in [2.45, 2.75) is 20.8 Å². The van der Waals surface area contributed by atoms with Crippen LogP contribution in [0.3, 0.4) is 0 Å². The quantitative estimate of drug-likeness (QED) is 0.149. The van der Waals surface area contributed by atoms with Gasteiger partial charge in [-0.1, -0.05) is 35.9 Å². The molecule has 0 aliphatic rings. The molecule has 0 aliphatic heterocycles. The fourth-order valence-electron chi connectivity index (χ4n) is 5.87. The van der Waals surface area contributed by atoms with Crippen LogP contribution < -0.4 is 11.1 Å². The molecule has 4 aromatic carbocycles. The number of nitrogens with one attached hydrogen (secondary N) is 4. The molecule has 226 valence electrons. The third kappa shape index (κ3) is 4.91. The SMILES string of the molecule is Cc1c(-c2nc3ccccc3[nH]2)c(=O)[nH]c2ccc(C(=O)O)cc12.Cc1ccc2[nH]c(=O)c(-c3nc4ccccc4[nH]3)c(C)c2c1. The number of imidazole rings is 2. The molecular formula is C36H28N6O4. The minimum atomic E-state index is -1.01. The maximum Gasteiger partial charge on any atom is 0.335 e. The predicted octanol–water partition coefficient (Wildman–Crippen LogP) is 6.77. The monoisotopic (exact) mass is 608 g/mol. The summed E-state index contributed by atoms with van der Waals surface area (Å²) < 4.78 is 0. The number of rotatable bonds is 3. The van der Waals surface area contributed by atoms with E-state index in [1.165, 1.54) is 11.6 Å². The van der Waals surface area contributed by atoms with Gasteiger partial charge >= 0.3 is 5.97 Å². The van der Waals surface area contributed by atoms with Crippen LogP contribution in [0.4, 0.5) is 0 Å². The largest absolute Gasteiger partial charge is 0.478 e. The molecular weight excluding hydrogens is 580 g/mol. The molecule has 8 aromatic rings. The van der Waals surface area contributed by atoms with Gasteiger partial charge in [0.1, 0.15) is 11.6 Å². The number of carbonyl (C=O) groups is 1. The minimum Gasteiger partial charge on any atom is -0.478 e. The summed E-state index contributed by atoms with van der Waals surface area (Å²) in [5, 5.41) is 10.9. The van der Waals surface area contributed by atoms with Crippen LogP contribution in [0.15, 0.2) is 94.5 Å². The van der Waals surface area contributed by atoms with E-state index in [2.05, 4.69) is 36.0 Å². The average Bonchev–Trinajstić information content (AvgIpc) is 3.66. The Morgan fingerprint density at radius 2 is 1.07 bits per heavy atom. The fourth-order valence-corrected chi connectivity index (χ4v) is 5.87. The smallest absolute Gasteiger partial charge is 0.335 e. The van der Waals surface area contributed by atoms with Gasteiger partial charge in [0.05, 0.1) is 38.8 Å². The summed E-state index contributed by atoms with van der Waals surface area (Å²) in [7, 11) is 0. The standard InChI is InChI=1S/C18H13N3O3.C18H15N3O/c1-9-11-8-10(18(23)24)6-7-12(11)21-17(22)15(9)16-19-13-4-2-3-5-14(13)20-16;1-10-7-8-13-12(9-10)11(2)16(18(22)21-13)17-19-14-5-3-4-6-15(14)20-17/h2-8H,1H3,(H,19,20)(H,21,22)(H,23,24);3-9H,1-2H3,(H,19,20)(H,21,22). The molecule has 46 heavy (non-hydrogen) atoms. The van der Waals surface area contributed by atoms with E-state index < -0.39 is 5.97 Å². The molecule has 0 atom stereocenters. The number of nitrogens with zero attached hydrogens (tertiary/aromatic N) is 2. The van der Waals surface area contributed by atoms with Crippen molar-refractivity contribution in [2.24, 2.45) is 0 Å². The van der Waals surface area contributed by atoms with Crippen molar-refractivity contribution < 1.29 is 9.90 Å². The summed E-state index contributed by atoms with van der Waals surface area (Å²) in [6.07, 6.45) is 0. The molecule has 0 saturated heterocycles. The molecule has 4 heterocycles. The molecule has 0 bridgehead atoms. The molecule has 10 heteroatoms. The highest BCUT2D eigenvalue weighted by molar-refractivity contribution is 5.96. The van der Waals surface area contributed by atoms with Gasteiger partial charge in [0.2, 0.25) is 0 Å². The van der Waals surface area contributed by atoms with E-state index in [4.69, 9.17) is 0 Å². The Bertz CT molecular complexity index is 2540. The van der Waals surface area contributed by atoms with Gasteiger partial charge in [-0.25, -0.2) is 14.8 Å². The second-order valence-corrected chi connectivity index (χ2v) is 11.2. The summed E-state index contributed by atoms with van der Waals surface area (Å²) >= 11 is 0. The molecule has 0 saturated carbocycles. The van der Waals surface area contributed by atoms with Crippen LogP contribution in [0.5, 0.6) is 0 Å². The summed E-state index contributed by atoms with van der Waals surface area (Å²) in [6.45, 7) is 5.82. The van der Waals surface area contributed by atoms with Gasteiger partial charge in [-0.3, -0.25) is 9.59 Å². The average molecular weight is 609 g/mol. The number of hydrogen-bond donors (Lipinski definition) is 5. The molecule has 0 radical (unpaired) electrons. The summed E-state index contributed by atoms with van der Waals surface area (Å²) in [4.78, 5) is 57.4. The zero-order valence-corrected chi connectivity index (χ0v) is 25.1. The Hall–Kier alpha value is -6.29. The molecule has 10 nitrogen and oxygen atoms in total. The zero-order chi connectivity index (χ0) is 32.1. The van der Waals surface area contributed by atoms with Gasteiger partial charge in [0.25, 0.3) is 11.1 Å². The van der Waals surface area contributed by atoms with E-state index in [1.54, 1.807) is 19.1 Å². The number of hydrogen-bond acceptors (Lipinski definition) is 5.